The van der Waals surface area contributed by atoms with Crippen LogP contribution in [0.1, 0.15) is 6.92 Å². The summed E-state index contributed by atoms with van der Waals surface area (Å²) in [6.07, 6.45) is 0. The fourth-order valence-electron chi connectivity index (χ4n) is 1.68. The summed E-state index contributed by atoms with van der Waals surface area (Å²) in [7, 11) is 0. The van der Waals surface area contributed by atoms with Crippen LogP contribution in [0.5, 0.6) is 11.5 Å². The summed E-state index contributed by atoms with van der Waals surface area (Å²) in [6, 6.07) is 14.3. The molecule has 0 aliphatic rings. The van der Waals surface area contributed by atoms with Crippen LogP contribution in [0.3, 0.4) is 0 Å². The van der Waals surface area contributed by atoms with Crippen molar-refractivity contribution in [2.24, 2.45) is 0 Å². The predicted octanol–water partition coefficient (Wildman–Crippen LogP) is 3.60. The van der Waals surface area contributed by atoms with Crippen molar-refractivity contribution in [1.29, 1.82) is 0 Å². The number of hydrogen-bond acceptors (Lipinski definition) is 3. The highest BCUT2D eigenvalue weighted by atomic mass is 32.1. The molecule has 4 nitrogen and oxygen atoms in total. The van der Waals surface area contributed by atoms with Gasteiger partial charge < -0.3 is 20.5 Å². The van der Waals surface area contributed by atoms with E-state index in [1.54, 1.807) is 18.2 Å². The van der Waals surface area contributed by atoms with Crippen molar-refractivity contribution in [3.05, 3.63) is 48.5 Å². The number of ether oxygens (including phenoxy) is 1. The molecule has 3 N–H and O–H groups in total. The first-order chi connectivity index (χ1) is 9.67. The topological polar surface area (TPSA) is 53.5 Å². The van der Waals surface area contributed by atoms with E-state index in [2.05, 4.69) is 10.6 Å². The molecule has 104 valence electrons. The molecule has 5 heteroatoms. The third kappa shape index (κ3) is 4.13. The van der Waals surface area contributed by atoms with E-state index in [1.807, 2.05) is 37.3 Å². The van der Waals surface area contributed by atoms with Crippen molar-refractivity contribution in [3.63, 3.8) is 0 Å². The van der Waals surface area contributed by atoms with Gasteiger partial charge >= 0.3 is 0 Å². The summed E-state index contributed by atoms with van der Waals surface area (Å²) < 4.78 is 5.37. The van der Waals surface area contributed by atoms with Crippen molar-refractivity contribution in [1.82, 2.24) is 0 Å². The van der Waals surface area contributed by atoms with Crippen LogP contribution in [-0.4, -0.2) is 16.8 Å². The van der Waals surface area contributed by atoms with Crippen LogP contribution in [0.2, 0.25) is 0 Å². The third-order valence-electron chi connectivity index (χ3n) is 2.53. The lowest BCUT2D eigenvalue weighted by Crippen LogP contribution is -2.18. The smallest absolute Gasteiger partial charge is 0.175 e. The van der Waals surface area contributed by atoms with Gasteiger partial charge in [0.1, 0.15) is 11.5 Å². The average Bonchev–Trinajstić information content (AvgIpc) is 2.41. The minimum absolute atomic E-state index is 0.193. The first-order valence-corrected chi connectivity index (χ1v) is 6.68. The quantitative estimate of drug-likeness (QED) is 0.751. The standard InChI is InChI=1S/C15H16N2O2S/c1-2-19-14-8-6-11(7-9-14)16-15(20)17-12-4-3-5-13(18)10-12/h3-10,18H,2H2,1H3,(H2,16,17,20). The number of benzene rings is 2. The molecule has 0 aliphatic heterocycles. The van der Waals surface area contributed by atoms with Crippen LogP contribution in [0.25, 0.3) is 0 Å². The normalized spacial score (nSPS) is 9.85. The molecule has 0 bridgehead atoms. The maximum Gasteiger partial charge on any atom is 0.175 e. The Labute approximate surface area is 123 Å². The first-order valence-electron chi connectivity index (χ1n) is 6.27. The number of anilines is 2. The van der Waals surface area contributed by atoms with Gasteiger partial charge in [-0.3, -0.25) is 0 Å². The van der Waals surface area contributed by atoms with E-state index < -0.39 is 0 Å². The van der Waals surface area contributed by atoms with Crippen LogP contribution in [0.4, 0.5) is 11.4 Å². The van der Waals surface area contributed by atoms with Gasteiger partial charge in [-0.25, -0.2) is 0 Å². The van der Waals surface area contributed by atoms with Crippen LogP contribution < -0.4 is 15.4 Å². The number of phenols is 1. The Kier molecular flexibility index (Phi) is 4.79. The lowest BCUT2D eigenvalue weighted by atomic mass is 10.3. The molecule has 2 rings (SSSR count). The molecule has 0 aromatic heterocycles. The molecule has 20 heavy (non-hydrogen) atoms. The average molecular weight is 288 g/mol. The summed E-state index contributed by atoms with van der Waals surface area (Å²) in [6.45, 7) is 2.59. The molecule has 0 saturated heterocycles. The molecular weight excluding hydrogens is 272 g/mol. The van der Waals surface area contributed by atoms with Gasteiger partial charge in [-0.2, -0.15) is 0 Å². The number of hydrogen-bond donors (Lipinski definition) is 3. The van der Waals surface area contributed by atoms with E-state index in [4.69, 9.17) is 17.0 Å². The summed E-state index contributed by atoms with van der Waals surface area (Å²) >= 11 is 5.21. The molecule has 0 aliphatic carbocycles. The van der Waals surface area contributed by atoms with Gasteiger partial charge in [-0.05, 0) is 55.5 Å². The molecule has 0 atom stereocenters. The predicted molar refractivity (Wildman–Crippen MR) is 85.6 cm³/mol. The lowest BCUT2D eigenvalue weighted by Gasteiger charge is -2.11. The Balaban J connectivity index is 1.94. The fourth-order valence-corrected chi connectivity index (χ4v) is 1.91. The van der Waals surface area contributed by atoms with Crippen molar-refractivity contribution in [2.45, 2.75) is 6.92 Å². The zero-order chi connectivity index (χ0) is 14.4. The van der Waals surface area contributed by atoms with Crippen molar-refractivity contribution in [2.75, 3.05) is 17.2 Å². The monoisotopic (exact) mass is 288 g/mol. The highest BCUT2D eigenvalue weighted by Gasteiger charge is 2.00. The summed E-state index contributed by atoms with van der Waals surface area (Å²) in [5, 5.41) is 15.9. The van der Waals surface area contributed by atoms with Gasteiger partial charge in [0.15, 0.2) is 5.11 Å². The van der Waals surface area contributed by atoms with Gasteiger partial charge in [-0.15, -0.1) is 0 Å². The number of rotatable bonds is 4. The third-order valence-corrected chi connectivity index (χ3v) is 2.73. The molecular formula is C15H16N2O2S. The molecule has 0 fully saturated rings. The van der Waals surface area contributed by atoms with Crippen molar-refractivity contribution in [3.8, 4) is 11.5 Å². The summed E-state index contributed by atoms with van der Waals surface area (Å²) in [4.78, 5) is 0. The van der Waals surface area contributed by atoms with E-state index in [1.165, 1.54) is 0 Å². The molecule has 2 aromatic carbocycles. The molecule has 0 spiro atoms. The maximum absolute atomic E-state index is 9.38. The van der Waals surface area contributed by atoms with Gasteiger partial charge in [0.2, 0.25) is 0 Å². The van der Waals surface area contributed by atoms with E-state index in [-0.39, 0.29) is 5.75 Å². The van der Waals surface area contributed by atoms with Crippen LogP contribution in [-0.2, 0) is 0 Å². The second kappa shape index (κ2) is 6.77. The Hall–Kier alpha value is -2.27. The van der Waals surface area contributed by atoms with Crippen molar-refractivity contribution < 1.29 is 9.84 Å². The maximum atomic E-state index is 9.38. The van der Waals surface area contributed by atoms with Crippen LogP contribution in [0, 0.1) is 0 Å². The number of nitrogens with one attached hydrogen (secondary N) is 2. The van der Waals surface area contributed by atoms with Gasteiger partial charge in [0.25, 0.3) is 0 Å². The largest absolute Gasteiger partial charge is 0.508 e. The van der Waals surface area contributed by atoms with E-state index in [0.29, 0.717) is 11.7 Å². The van der Waals surface area contributed by atoms with Crippen LogP contribution >= 0.6 is 12.2 Å². The van der Waals surface area contributed by atoms with Gasteiger partial charge in [-0.1, -0.05) is 6.07 Å². The van der Waals surface area contributed by atoms with Crippen molar-refractivity contribution >= 4 is 28.7 Å². The van der Waals surface area contributed by atoms with E-state index >= 15 is 0 Å². The molecule has 0 saturated carbocycles. The number of thiocarbonyl (C=S) groups is 1. The summed E-state index contributed by atoms with van der Waals surface area (Å²) in [5.41, 5.74) is 1.60. The Morgan fingerprint density at radius 2 is 1.80 bits per heavy atom. The second-order valence-electron chi connectivity index (χ2n) is 4.09. The summed E-state index contributed by atoms with van der Waals surface area (Å²) in [5.74, 6) is 1.02. The minimum atomic E-state index is 0.193. The van der Waals surface area contributed by atoms with E-state index in [9.17, 15) is 5.11 Å². The molecule has 0 radical (unpaired) electrons. The zero-order valence-electron chi connectivity index (χ0n) is 11.1. The number of aromatic hydroxyl groups is 1. The zero-order valence-corrected chi connectivity index (χ0v) is 11.9. The molecule has 2 aromatic rings. The molecule has 0 heterocycles. The minimum Gasteiger partial charge on any atom is -0.508 e. The lowest BCUT2D eigenvalue weighted by molar-refractivity contribution is 0.340. The number of phenolic OH excluding ortho intramolecular Hbond substituents is 1. The van der Waals surface area contributed by atoms with Gasteiger partial charge in [0.05, 0.1) is 6.61 Å². The van der Waals surface area contributed by atoms with Gasteiger partial charge in [0, 0.05) is 17.4 Å². The Bertz CT molecular complexity index is 585. The molecule has 0 amide bonds. The second-order valence-corrected chi connectivity index (χ2v) is 4.50. The van der Waals surface area contributed by atoms with Crippen LogP contribution in [0.15, 0.2) is 48.5 Å². The highest BCUT2D eigenvalue weighted by molar-refractivity contribution is 7.80. The first kappa shape index (κ1) is 14.1. The highest BCUT2D eigenvalue weighted by Crippen LogP contribution is 2.18. The Morgan fingerprint density at radius 3 is 2.45 bits per heavy atom. The Morgan fingerprint density at radius 1 is 1.10 bits per heavy atom. The molecule has 0 unspecified atom stereocenters. The fraction of sp³-hybridized carbons (Fsp3) is 0.133. The SMILES string of the molecule is CCOc1ccc(NC(=S)Nc2cccc(O)c2)cc1. The van der Waals surface area contributed by atoms with E-state index in [0.717, 1.165) is 17.1 Å².